The van der Waals surface area contributed by atoms with Gasteiger partial charge in [0.1, 0.15) is 5.75 Å². The molecule has 4 nitrogen and oxygen atoms in total. The molecule has 1 fully saturated rings. The topological polar surface area (TPSA) is 46.6 Å². The number of rotatable bonds is 4. The van der Waals surface area contributed by atoms with E-state index in [9.17, 15) is 9.59 Å². The lowest BCUT2D eigenvalue weighted by atomic mass is 10.2. The number of nitrogens with zero attached hydrogens (tertiary/aromatic N) is 1. The summed E-state index contributed by atoms with van der Waals surface area (Å²) >= 11 is 3.31. The molecule has 1 amide bonds. The Morgan fingerprint density at radius 2 is 2.11 bits per heavy atom. The fourth-order valence-electron chi connectivity index (χ4n) is 1.96. The second kappa shape index (κ2) is 6.00. The lowest BCUT2D eigenvalue weighted by molar-refractivity contribution is -0.132. The molecule has 2 rings (SSSR count). The maximum absolute atomic E-state index is 11.8. The van der Waals surface area contributed by atoms with Gasteiger partial charge in [0.2, 0.25) is 0 Å². The summed E-state index contributed by atoms with van der Waals surface area (Å²) in [7, 11) is 0. The van der Waals surface area contributed by atoms with Crippen molar-refractivity contribution in [1.82, 2.24) is 4.90 Å². The van der Waals surface area contributed by atoms with Crippen molar-refractivity contribution in [3.63, 3.8) is 0 Å². The molecular formula is C13H14BrNO3. The van der Waals surface area contributed by atoms with Gasteiger partial charge in [0.05, 0.1) is 10.0 Å². The first-order chi connectivity index (χ1) is 8.72. The van der Waals surface area contributed by atoms with Crippen molar-refractivity contribution in [2.75, 3.05) is 19.7 Å². The highest BCUT2D eigenvalue weighted by Crippen LogP contribution is 2.28. The monoisotopic (exact) mass is 311 g/mol. The summed E-state index contributed by atoms with van der Waals surface area (Å²) in [4.78, 5) is 24.5. The van der Waals surface area contributed by atoms with Crippen LogP contribution in [0.1, 0.15) is 23.2 Å². The van der Waals surface area contributed by atoms with Crippen LogP contribution in [0.2, 0.25) is 0 Å². The summed E-state index contributed by atoms with van der Waals surface area (Å²) in [6.07, 6.45) is 2.83. The smallest absolute Gasteiger partial charge is 0.260 e. The molecule has 0 spiro atoms. The highest BCUT2D eigenvalue weighted by molar-refractivity contribution is 9.10. The quantitative estimate of drug-likeness (QED) is 0.801. The number of halogens is 1. The van der Waals surface area contributed by atoms with Crippen LogP contribution in [0.3, 0.4) is 0 Å². The number of ether oxygens (including phenoxy) is 1. The van der Waals surface area contributed by atoms with Crippen LogP contribution in [0.25, 0.3) is 0 Å². The number of hydrogen-bond donors (Lipinski definition) is 0. The van der Waals surface area contributed by atoms with Gasteiger partial charge in [0, 0.05) is 13.1 Å². The Kier molecular flexibility index (Phi) is 4.36. The van der Waals surface area contributed by atoms with Crippen molar-refractivity contribution in [2.24, 2.45) is 0 Å². The number of hydrogen-bond acceptors (Lipinski definition) is 3. The second-order valence-corrected chi connectivity index (χ2v) is 5.01. The van der Waals surface area contributed by atoms with Gasteiger partial charge < -0.3 is 9.64 Å². The van der Waals surface area contributed by atoms with Gasteiger partial charge in [-0.15, -0.1) is 0 Å². The minimum absolute atomic E-state index is 0.0244. The van der Waals surface area contributed by atoms with E-state index in [1.807, 2.05) is 0 Å². The standard InChI is InChI=1S/C13H14BrNO3/c14-11-5-3-4-10(8-16)13(11)18-9-12(17)15-6-1-2-7-15/h3-5,8H,1-2,6-7,9H2. The molecule has 18 heavy (non-hydrogen) atoms. The van der Waals surface area contributed by atoms with Gasteiger partial charge in [0.25, 0.3) is 5.91 Å². The molecule has 96 valence electrons. The first-order valence-electron chi connectivity index (χ1n) is 5.86. The van der Waals surface area contributed by atoms with Gasteiger partial charge in [-0.3, -0.25) is 9.59 Å². The van der Waals surface area contributed by atoms with Crippen molar-refractivity contribution >= 4 is 28.1 Å². The average molecular weight is 312 g/mol. The van der Waals surface area contributed by atoms with Gasteiger partial charge in [-0.05, 0) is 40.9 Å². The van der Waals surface area contributed by atoms with Gasteiger partial charge in [-0.25, -0.2) is 0 Å². The van der Waals surface area contributed by atoms with Crippen molar-refractivity contribution in [2.45, 2.75) is 12.8 Å². The zero-order chi connectivity index (χ0) is 13.0. The summed E-state index contributed by atoms with van der Waals surface area (Å²) < 4.78 is 6.15. The van der Waals surface area contributed by atoms with E-state index in [2.05, 4.69) is 15.9 Å². The van der Waals surface area contributed by atoms with Crippen LogP contribution < -0.4 is 4.74 Å². The van der Waals surface area contributed by atoms with E-state index in [-0.39, 0.29) is 12.5 Å². The molecule has 1 aromatic carbocycles. The molecule has 0 unspecified atom stereocenters. The third-order valence-corrected chi connectivity index (χ3v) is 3.55. The summed E-state index contributed by atoms with van der Waals surface area (Å²) in [5.74, 6) is 0.403. The Balaban J connectivity index is 2.01. The lowest BCUT2D eigenvalue weighted by Crippen LogP contribution is -2.32. The SMILES string of the molecule is O=Cc1cccc(Br)c1OCC(=O)N1CCCC1. The van der Waals surface area contributed by atoms with Gasteiger partial charge in [-0.2, -0.15) is 0 Å². The molecule has 5 heteroatoms. The lowest BCUT2D eigenvalue weighted by Gasteiger charge is -2.16. The molecule has 1 heterocycles. The van der Waals surface area contributed by atoms with Crippen LogP contribution in [-0.2, 0) is 4.79 Å². The summed E-state index contributed by atoms with van der Waals surface area (Å²) in [5.41, 5.74) is 0.443. The Morgan fingerprint density at radius 3 is 2.78 bits per heavy atom. The second-order valence-electron chi connectivity index (χ2n) is 4.15. The van der Waals surface area contributed by atoms with Crippen molar-refractivity contribution in [3.05, 3.63) is 28.2 Å². The van der Waals surface area contributed by atoms with Gasteiger partial charge in [-0.1, -0.05) is 6.07 Å². The molecule has 1 aliphatic heterocycles. The van der Waals surface area contributed by atoms with E-state index >= 15 is 0 Å². The zero-order valence-electron chi connectivity index (χ0n) is 9.89. The van der Waals surface area contributed by atoms with Crippen LogP contribution in [0, 0.1) is 0 Å². The molecule has 1 aliphatic rings. The Labute approximate surface area is 114 Å². The van der Waals surface area contributed by atoms with Gasteiger partial charge in [0.15, 0.2) is 12.9 Å². The molecule has 0 saturated carbocycles. The fourth-order valence-corrected chi connectivity index (χ4v) is 2.46. The molecule has 0 aromatic heterocycles. The van der Waals surface area contributed by atoms with E-state index < -0.39 is 0 Å². The third-order valence-electron chi connectivity index (χ3n) is 2.92. The van der Waals surface area contributed by atoms with Crippen molar-refractivity contribution in [3.8, 4) is 5.75 Å². The minimum Gasteiger partial charge on any atom is -0.482 e. The van der Waals surface area contributed by atoms with E-state index in [1.54, 1.807) is 23.1 Å². The summed E-state index contributed by atoms with van der Waals surface area (Å²) in [5, 5.41) is 0. The normalized spacial score (nSPS) is 14.6. The maximum atomic E-state index is 11.8. The Morgan fingerprint density at radius 1 is 1.39 bits per heavy atom. The van der Waals surface area contributed by atoms with E-state index in [1.165, 1.54) is 0 Å². The molecule has 1 saturated heterocycles. The Hall–Kier alpha value is -1.36. The van der Waals surface area contributed by atoms with Crippen LogP contribution >= 0.6 is 15.9 Å². The Bertz CT molecular complexity index is 456. The summed E-state index contributed by atoms with van der Waals surface area (Å²) in [6.45, 7) is 1.58. The number of carbonyl (C=O) groups excluding carboxylic acids is 2. The predicted molar refractivity (Wildman–Crippen MR) is 70.8 cm³/mol. The minimum atomic E-state index is -0.0277. The molecule has 0 atom stereocenters. The molecule has 0 bridgehead atoms. The number of aldehydes is 1. The van der Waals surface area contributed by atoms with E-state index in [0.717, 1.165) is 32.2 Å². The predicted octanol–water partition coefficient (Wildman–Crippen LogP) is 2.26. The number of carbonyl (C=O) groups is 2. The maximum Gasteiger partial charge on any atom is 0.260 e. The highest BCUT2D eigenvalue weighted by atomic mass is 79.9. The number of amides is 1. The molecular weight excluding hydrogens is 298 g/mol. The van der Waals surface area contributed by atoms with Crippen LogP contribution in [0.4, 0.5) is 0 Å². The number of benzene rings is 1. The van der Waals surface area contributed by atoms with Crippen LogP contribution in [0.15, 0.2) is 22.7 Å². The molecule has 0 aliphatic carbocycles. The fraction of sp³-hybridized carbons (Fsp3) is 0.385. The number of likely N-dealkylation sites (tertiary alicyclic amines) is 1. The zero-order valence-corrected chi connectivity index (χ0v) is 11.5. The van der Waals surface area contributed by atoms with Gasteiger partial charge >= 0.3 is 0 Å². The van der Waals surface area contributed by atoms with E-state index in [4.69, 9.17) is 4.74 Å². The van der Waals surface area contributed by atoms with Crippen LogP contribution in [-0.4, -0.2) is 36.8 Å². The first kappa shape index (κ1) is 13.1. The first-order valence-corrected chi connectivity index (χ1v) is 6.66. The van der Waals surface area contributed by atoms with Crippen molar-refractivity contribution in [1.29, 1.82) is 0 Å². The molecule has 0 radical (unpaired) electrons. The summed E-state index contributed by atoms with van der Waals surface area (Å²) in [6, 6.07) is 5.19. The highest BCUT2D eigenvalue weighted by Gasteiger charge is 2.19. The number of para-hydroxylation sites is 1. The third kappa shape index (κ3) is 2.90. The van der Waals surface area contributed by atoms with Crippen molar-refractivity contribution < 1.29 is 14.3 Å². The largest absolute Gasteiger partial charge is 0.482 e. The molecule has 0 N–H and O–H groups in total. The molecule has 1 aromatic rings. The van der Waals surface area contributed by atoms with E-state index in [0.29, 0.717) is 15.8 Å². The average Bonchev–Trinajstić information content (AvgIpc) is 2.90. The van der Waals surface area contributed by atoms with Crippen LogP contribution in [0.5, 0.6) is 5.75 Å².